The van der Waals surface area contributed by atoms with Crippen LogP contribution >= 0.6 is 0 Å². The Morgan fingerprint density at radius 1 is 0.596 bits per heavy atom. The molecule has 52 heavy (non-hydrogen) atoms. The molecule has 0 aliphatic heterocycles. The smallest absolute Gasteiger partial charge is 0.336 e. The molecule has 0 bridgehead atoms. The number of hydrogen-bond donors (Lipinski definition) is 7. The summed E-state index contributed by atoms with van der Waals surface area (Å²) in [5.41, 5.74) is 0.316. The van der Waals surface area contributed by atoms with Gasteiger partial charge in [-0.15, -0.1) is 0 Å². The van der Waals surface area contributed by atoms with Gasteiger partial charge >= 0.3 is 17.9 Å². The molecule has 17 nitrogen and oxygen atoms in total. The number of nitrogens with one attached hydrogen (secondary N) is 1. The molecule has 4 heterocycles. The Kier molecular flexibility index (Phi) is 19.2. The van der Waals surface area contributed by atoms with Crippen LogP contribution in [0.2, 0.25) is 0 Å². The third kappa shape index (κ3) is 16.5. The van der Waals surface area contributed by atoms with E-state index >= 15 is 0 Å². The van der Waals surface area contributed by atoms with Crippen molar-refractivity contribution < 1.29 is 72.0 Å². The van der Waals surface area contributed by atoms with Gasteiger partial charge in [-0.25, -0.2) is 4.79 Å². The zero-order valence-corrected chi connectivity index (χ0v) is 28.6. The third-order valence-corrected chi connectivity index (χ3v) is 6.93. The number of carboxylic acid groups (broad SMARTS) is 3. The van der Waals surface area contributed by atoms with Gasteiger partial charge in [-0.3, -0.25) is 24.0 Å². The lowest BCUT2D eigenvalue weighted by molar-refractivity contribution is -0.170. The molecule has 0 aliphatic carbocycles. The number of aryl methyl sites for hydroxylation is 2. The number of amides is 1. The summed E-state index contributed by atoms with van der Waals surface area (Å²) in [6.07, 6.45) is 3.74. The summed E-state index contributed by atoms with van der Waals surface area (Å²) >= 11 is 0. The summed E-state index contributed by atoms with van der Waals surface area (Å²) in [6.45, 7) is 0.530. The molecule has 0 spiro atoms. The Bertz CT molecular complexity index is 1580. The van der Waals surface area contributed by atoms with E-state index in [-0.39, 0.29) is 44.4 Å². The van der Waals surface area contributed by atoms with Gasteiger partial charge in [0.05, 0.1) is 51.0 Å². The van der Waals surface area contributed by atoms with E-state index in [1.165, 1.54) is 18.8 Å². The standard InChI is InChI=1S/C23H25NO7.C6H8O7.C5H7NO.S/c25-17(7-9-19-4-1-11-29-19)14-23(28,22(27)24-16-21-6-3-13-31-21)15-18(26)8-10-20-5-2-12-30-20;7-3(8)1-6(13,5(11)12)2-4(9)10;6-4-5-2-1-3-7-5;/h1-6,11-13,28H,7-10,14-16H2,(H,24,27);13H,1-2H2,(H,7,8)(H,9,10)(H,11,12);1-3H,4,6H2;/q;;;-2. The van der Waals surface area contributed by atoms with Crippen LogP contribution in [0.3, 0.4) is 0 Å². The lowest BCUT2D eigenvalue weighted by atomic mass is 9.87. The van der Waals surface area contributed by atoms with Crippen molar-refractivity contribution in [1.29, 1.82) is 0 Å². The molecule has 0 fully saturated rings. The number of aliphatic hydroxyl groups is 2. The molecule has 0 aliphatic rings. The van der Waals surface area contributed by atoms with Gasteiger partial charge in [-0.1, -0.05) is 0 Å². The Balaban J connectivity index is 0.000000529. The zero-order valence-electron chi connectivity index (χ0n) is 27.8. The number of carbonyl (C=O) groups excluding carboxylic acids is 3. The number of hydrogen-bond acceptors (Lipinski definition) is 13. The minimum Gasteiger partial charge on any atom is -2.00 e. The van der Waals surface area contributed by atoms with E-state index in [4.69, 9.17) is 43.8 Å². The summed E-state index contributed by atoms with van der Waals surface area (Å²) in [4.78, 5) is 68.2. The van der Waals surface area contributed by atoms with Crippen LogP contribution in [0, 0.1) is 0 Å². The second kappa shape index (κ2) is 22.4. The molecule has 4 aromatic rings. The minimum atomic E-state index is -2.74. The van der Waals surface area contributed by atoms with Gasteiger partial charge in [-0.05, 0) is 48.5 Å². The summed E-state index contributed by atoms with van der Waals surface area (Å²) in [5.74, 6) is -3.90. The quantitative estimate of drug-likeness (QED) is 0.0724. The molecule has 0 unspecified atom stereocenters. The van der Waals surface area contributed by atoms with Gasteiger partial charge in [0.1, 0.15) is 34.6 Å². The molecule has 284 valence electrons. The Morgan fingerprint density at radius 3 is 1.29 bits per heavy atom. The first-order valence-corrected chi connectivity index (χ1v) is 15.4. The topological polar surface area (TPSA) is 294 Å². The molecule has 8 N–H and O–H groups in total. The van der Waals surface area contributed by atoms with Crippen LogP contribution in [-0.4, -0.2) is 72.1 Å². The van der Waals surface area contributed by atoms with E-state index < -0.39 is 60.7 Å². The van der Waals surface area contributed by atoms with E-state index in [0.717, 1.165) is 5.76 Å². The van der Waals surface area contributed by atoms with E-state index in [9.17, 15) is 33.9 Å². The fourth-order valence-electron chi connectivity index (χ4n) is 4.37. The van der Waals surface area contributed by atoms with Crippen molar-refractivity contribution in [1.82, 2.24) is 5.32 Å². The van der Waals surface area contributed by atoms with E-state index in [2.05, 4.69) is 5.32 Å². The molecular formula is C34H40N2O15S-2. The molecule has 0 radical (unpaired) electrons. The second-order valence-corrected chi connectivity index (χ2v) is 11.1. The van der Waals surface area contributed by atoms with Crippen LogP contribution in [0.5, 0.6) is 0 Å². The lowest BCUT2D eigenvalue weighted by Crippen LogP contribution is -2.49. The van der Waals surface area contributed by atoms with Crippen LogP contribution < -0.4 is 11.1 Å². The SMILES string of the molecule is NCc1ccco1.O=C(CCc1ccco1)CC(O)(CC(=O)CCc1ccco1)C(=O)NCc1ccco1.O=C(O)CC(O)(CC(=O)O)C(=O)O.[S-2]. The summed E-state index contributed by atoms with van der Waals surface area (Å²) in [7, 11) is 0. The largest absolute Gasteiger partial charge is 2.00 e. The van der Waals surface area contributed by atoms with Crippen LogP contribution in [0.4, 0.5) is 0 Å². The van der Waals surface area contributed by atoms with E-state index in [0.29, 0.717) is 36.7 Å². The summed E-state index contributed by atoms with van der Waals surface area (Å²) in [5, 5.41) is 47.4. The first-order chi connectivity index (χ1) is 24.2. The molecule has 18 heteroatoms. The zero-order chi connectivity index (χ0) is 37.9. The normalized spacial score (nSPS) is 10.8. The van der Waals surface area contributed by atoms with Crippen molar-refractivity contribution in [3.63, 3.8) is 0 Å². The van der Waals surface area contributed by atoms with Crippen molar-refractivity contribution in [2.24, 2.45) is 5.73 Å². The van der Waals surface area contributed by atoms with E-state index in [1.54, 1.807) is 42.7 Å². The lowest BCUT2D eigenvalue weighted by Gasteiger charge is -2.25. The van der Waals surface area contributed by atoms with Gasteiger partial charge in [0, 0.05) is 38.5 Å². The van der Waals surface area contributed by atoms with Crippen LogP contribution in [-0.2, 0) is 68.2 Å². The number of ketones is 2. The van der Waals surface area contributed by atoms with Gasteiger partial charge in [0.15, 0.2) is 11.2 Å². The Morgan fingerprint density at radius 2 is 0.981 bits per heavy atom. The Hall–Kier alpha value is -5.43. The van der Waals surface area contributed by atoms with Crippen molar-refractivity contribution in [2.75, 3.05) is 0 Å². The van der Waals surface area contributed by atoms with Gasteiger partial charge in [-0.2, -0.15) is 0 Å². The predicted molar refractivity (Wildman–Crippen MR) is 180 cm³/mol. The highest BCUT2D eigenvalue weighted by Crippen LogP contribution is 2.21. The highest BCUT2D eigenvalue weighted by atomic mass is 32.1. The summed E-state index contributed by atoms with van der Waals surface area (Å²) in [6, 6.07) is 13.9. The van der Waals surface area contributed by atoms with Crippen molar-refractivity contribution >= 4 is 48.9 Å². The first kappa shape index (κ1) is 44.6. The van der Waals surface area contributed by atoms with Crippen molar-refractivity contribution in [2.45, 2.75) is 75.7 Å². The average molecular weight is 749 g/mol. The maximum Gasteiger partial charge on any atom is 0.336 e. The van der Waals surface area contributed by atoms with E-state index in [1.807, 2.05) is 12.1 Å². The van der Waals surface area contributed by atoms with Crippen molar-refractivity contribution in [3.05, 3.63) is 96.6 Å². The average Bonchev–Trinajstić information content (AvgIpc) is 3.90. The van der Waals surface area contributed by atoms with Gasteiger partial charge < -0.3 is 67.7 Å². The molecule has 0 saturated carbocycles. The highest BCUT2D eigenvalue weighted by Gasteiger charge is 2.41. The van der Waals surface area contributed by atoms with Gasteiger partial charge in [0.25, 0.3) is 5.91 Å². The molecule has 4 rings (SSSR count). The van der Waals surface area contributed by atoms with Gasteiger partial charge in [0.2, 0.25) is 0 Å². The number of Topliss-reactive ketones (excluding diaryl/α,β-unsaturated/α-hetero) is 2. The number of furan rings is 4. The van der Waals surface area contributed by atoms with Crippen molar-refractivity contribution in [3.8, 4) is 0 Å². The number of aliphatic carboxylic acids is 3. The fourth-order valence-corrected chi connectivity index (χ4v) is 4.37. The van der Waals surface area contributed by atoms with Crippen LogP contribution in [0.15, 0.2) is 91.3 Å². The molecule has 4 aromatic heterocycles. The number of rotatable bonds is 19. The second-order valence-electron chi connectivity index (χ2n) is 11.1. The molecule has 0 aromatic carbocycles. The number of nitrogens with two attached hydrogens (primary N) is 1. The minimum absolute atomic E-state index is 0. The van der Waals surface area contributed by atoms with Crippen LogP contribution in [0.25, 0.3) is 0 Å². The summed E-state index contributed by atoms with van der Waals surface area (Å²) < 4.78 is 20.4. The maximum absolute atomic E-state index is 12.8. The maximum atomic E-state index is 12.8. The molecule has 0 saturated heterocycles. The monoisotopic (exact) mass is 748 g/mol. The number of carboxylic acids is 3. The Labute approximate surface area is 303 Å². The fraction of sp³-hybridized carbons (Fsp3) is 0.353. The molecule has 1 amide bonds. The first-order valence-electron chi connectivity index (χ1n) is 15.4. The third-order valence-electron chi connectivity index (χ3n) is 6.93. The van der Waals surface area contributed by atoms with Crippen LogP contribution in [0.1, 0.15) is 61.6 Å². The number of carbonyl (C=O) groups is 6. The molecule has 0 atom stereocenters. The predicted octanol–water partition coefficient (Wildman–Crippen LogP) is 2.48. The highest BCUT2D eigenvalue weighted by molar-refractivity contribution is 7.37. The molecular weight excluding hydrogens is 708 g/mol.